The predicted octanol–water partition coefficient (Wildman–Crippen LogP) is 2.98. The van der Waals surface area contributed by atoms with Crippen LogP contribution < -0.4 is 9.64 Å². The van der Waals surface area contributed by atoms with E-state index in [1.165, 1.54) is 25.3 Å². The molecule has 0 atom stereocenters. The van der Waals surface area contributed by atoms with E-state index in [-0.39, 0.29) is 5.69 Å². The lowest BCUT2D eigenvalue weighted by atomic mass is 10.2. The second-order valence-corrected chi connectivity index (χ2v) is 4.04. The Kier molecular flexibility index (Phi) is 4.03. The van der Waals surface area contributed by atoms with Crippen LogP contribution in [0.3, 0.4) is 0 Å². The van der Waals surface area contributed by atoms with Crippen LogP contribution in [0.1, 0.15) is 0 Å². The highest BCUT2D eigenvalue weighted by Crippen LogP contribution is 2.30. The van der Waals surface area contributed by atoms with Gasteiger partial charge in [-0.15, -0.1) is 0 Å². The van der Waals surface area contributed by atoms with E-state index in [4.69, 9.17) is 4.74 Å². The number of alkyl halides is 3. The quantitative estimate of drug-likeness (QED) is 0.840. The smallest absolute Gasteiger partial charge is 0.471 e. The number of hydrogen-bond donors (Lipinski definition) is 0. The molecule has 0 spiro atoms. The van der Waals surface area contributed by atoms with Gasteiger partial charge in [-0.1, -0.05) is 0 Å². The fraction of sp³-hybridized carbons (Fsp3) is 0.300. The van der Waals surface area contributed by atoms with Gasteiger partial charge in [0.1, 0.15) is 5.75 Å². The van der Waals surface area contributed by atoms with Crippen molar-refractivity contribution in [2.24, 2.45) is 0 Å². The van der Waals surface area contributed by atoms with Crippen molar-refractivity contribution in [1.82, 2.24) is 0 Å². The van der Waals surface area contributed by atoms with Crippen molar-refractivity contribution in [3.63, 3.8) is 0 Å². The van der Waals surface area contributed by atoms with Crippen LogP contribution in [0.15, 0.2) is 22.7 Å². The molecule has 0 heterocycles. The average Bonchev–Trinajstić information content (AvgIpc) is 2.25. The summed E-state index contributed by atoms with van der Waals surface area (Å²) in [4.78, 5) is 11.5. The number of halogens is 4. The first-order valence-electron chi connectivity index (χ1n) is 4.45. The van der Waals surface area contributed by atoms with Crippen molar-refractivity contribution in [1.29, 1.82) is 0 Å². The minimum absolute atomic E-state index is 0.125. The summed E-state index contributed by atoms with van der Waals surface area (Å²) in [5, 5.41) is 0. The largest absolute Gasteiger partial charge is 0.496 e. The van der Waals surface area contributed by atoms with Gasteiger partial charge in [0.05, 0.1) is 11.6 Å². The van der Waals surface area contributed by atoms with Gasteiger partial charge < -0.3 is 9.64 Å². The van der Waals surface area contributed by atoms with E-state index in [0.717, 1.165) is 7.05 Å². The van der Waals surface area contributed by atoms with Gasteiger partial charge >= 0.3 is 12.1 Å². The molecule has 0 bridgehead atoms. The SMILES string of the molecule is COc1ccc(N(C)C(=O)C(F)(F)F)cc1Br. The number of nitrogens with zero attached hydrogens (tertiary/aromatic N) is 1. The van der Waals surface area contributed by atoms with Crippen LogP contribution in [0, 0.1) is 0 Å². The van der Waals surface area contributed by atoms with Gasteiger partial charge in [-0.2, -0.15) is 13.2 Å². The number of hydrogen-bond acceptors (Lipinski definition) is 2. The van der Waals surface area contributed by atoms with Crippen molar-refractivity contribution >= 4 is 27.5 Å². The summed E-state index contributed by atoms with van der Waals surface area (Å²) < 4.78 is 42.0. The first kappa shape index (κ1) is 13.8. The number of amides is 1. The number of ether oxygens (including phenoxy) is 1. The van der Waals surface area contributed by atoms with Crippen molar-refractivity contribution < 1.29 is 22.7 Å². The molecular formula is C10H9BrF3NO2. The molecule has 0 N–H and O–H groups in total. The Balaban J connectivity index is 3.02. The molecule has 1 aromatic carbocycles. The molecule has 0 saturated heterocycles. The third-order valence-corrected chi connectivity index (χ3v) is 2.69. The standard InChI is InChI=1S/C10H9BrF3NO2/c1-15(9(16)10(12,13)14)6-3-4-8(17-2)7(11)5-6/h3-5H,1-2H3. The molecule has 3 nitrogen and oxygen atoms in total. The second kappa shape index (κ2) is 4.95. The zero-order chi connectivity index (χ0) is 13.2. The molecule has 7 heteroatoms. The van der Waals surface area contributed by atoms with Gasteiger partial charge in [0.2, 0.25) is 0 Å². The van der Waals surface area contributed by atoms with Crippen LogP contribution in [-0.2, 0) is 4.79 Å². The van der Waals surface area contributed by atoms with E-state index >= 15 is 0 Å². The number of carbonyl (C=O) groups excluding carboxylic acids is 1. The lowest BCUT2D eigenvalue weighted by Crippen LogP contribution is -2.38. The molecule has 0 fully saturated rings. The second-order valence-electron chi connectivity index (χ2n) is 3.18. The highest BCUT2D eigenvalue weighted by Gasteiger charge is 2.41. The number of anilines is 1. The fourth-order valence-corrected chi connectivity index (χ4v) is 1.70. The molecule has 0 saturated carbocycles. The number of carbonyl (C=O) groups is 1. The third kappa shape index (κ3) is 3.12. The zero-order valence-electron chi connectivity index (χ0n) is 9.01. The van der Waals surface area contributed by atoms with Crippen LogP contribution in [-0.4, -0.2) is 26.2 Å². The lowest BCUT2D eigenvalue weighted by molar-refractivity contribution is -0.170. The minimum atomic E-state index is -4.89. The van der Waals surface area contributed by atoms with Crippen molar-refractivity contribution in [2.45, 2.75) is 6.18 Å². The maximum atomic E-state index is 12.2. The van der Waals surface area contributed by atoms with E-state index in [9.17, 15) is 18.0 Å². The maximum Gasteiger partial charge on any atom is 0.471 e. The van der Waals surface area contributed by atoms with Gasteiger partial charge in [0.15, 0.2) is 0 Å². The summed E-state index contributed by atoms with van der Waals surface area (Å²) in [7, 11) is 2.49. The number of methoxy groups -OCH3 is 1. The third-order valence-electron chi connectivity index (χ3n) is 2.07. The first-order chi connectivity index (χ1) is 7.77. The normalized spacial score (nSPS) is 11.2. The molecule has 1 aromatic rings. The highest BCUT2D eigenvalue weighted by atomic mass is 79.9. The summed E-state index contributed by atoms with van der Waals surface area (Å²) in [5.41, 5.74) is 0.125. The van der Waals surface area contributed by atoms with E-state index in [0.29, 0.717) is 15.1 Å². The minimum Gasteiger partial charge on any atom is -0.496 e. The summed E-state index contributed by atoms with van der Waals surface area (Å²) in [6.07, 6.45) is -4.89. The Hall–Kier alpha value is -1.24. The molecular weight excluding hydrogens is 303 g/mol. The molecule has 0 aromatic heterocycles. The molecule has 94 valence electrons. The van der Waals surface area contributed by atoms with Gasteiger partial charge in [-0.25, -0.2) is 0 Å². The van der Waals surface area contributed by atoms with E-state index in [2.05, 4.69) is 15.9 Å². The van der Waals surface area contributed by atoms with Crippen LogP contribution >= 0.6 is 15.9 Å². The summed E-state index contributed by atoms with van der Waals surface area (Å²) in [6, 6.07) is 4.22. The Bertz CT molecular complexity index is 434. The molecule has 0 aliphatic heterocycles. The van der Waals surface area contributed by atoms with Crippen molar-refractivity contribution in [3.05, 3.63) is 22.7 Å². The van der Waals surface area contributed by atoms with Crippen LogP contribution in [0.4, 0.5) is 18.9 Å². The molecule has 1 rings (SSSR count). The first-order valence-corrected chi connectivity index (χ1v) is 5.25. The summed E-state index contributed by atoms with van der Waals surface area (Å²) >= 11 is 3.13. The van der Waals surface area contributed by atoms with Crippen molar-refractivity contribution in [3.8, 4) is 5.75 Å². The van der Waals surface area contributed by atoms with Gasteiger partial charge in [-0.05, 0) is 34.1 Å². The van der Waals surface area contributed by atoms with Crippen LogP contribution in [0.2, 0.25) is 0 Å². The Morgan fingerprint density at radius 1 is 1.41 bits per heavy atom. The molecule has 1 amide bonds. The van der Waals surface area contributed by atoms with E-state index in [1.807, 2.05) is 0 Å². The van der Waals surface area contributed by atoms with Crippen molar-refractivity contribution in [2.75, 3.05) is 19.1 Å². The molecule has 0 unspecified atom stereocenters. The van der Waals surface area contributed by atoms with Gasteiger partial charge in [-0.3, -0.25) is 4.79 Å². The number of benzene rings is 1. The van der Waals surface area contributed by atoms with Gasteiger partial charge in [0, 0.05) is 12.7 Å². The molecule has 0 aliphatic carbocycles. The lowest BCUT2D eigenvalue weighted by Gasteiger charge is -2.19. The monoisotopic (exact) mass is 311 g/mol. The Morgan fingerprint density at radius 3 is 2.41 bits per heavy atom. The topological polar surface area (TPSA) is 29.5 Å². The molecule has 0 aliphatic rings. The zero-order valence-corrected chi connectivity index (χ0v) is 10.6. The highest BCUT2D eigenvalue weighted by molar-refractivity contribution is 9.10. The average molecular weight is 312 g/mol. The van der Waals surface area contributed by atoms with E-state index in [1.54, 1.807) is 0 Å². The van der Waals surface area contributed by atoms with E-state index < -0.39 is 12.1 Å². The summed E-state index contributed by atoms with van der Waals surface area (Å²) in [6.45, 7) is 0. The van der Waals surface area contributed by atoms with Gasteiger partial charge in [0.25, 0.3) is 0 Å². The fourth-order valence-electron chi connectivity index (χ4n) is 1.17. The maximum absolute atomic E-state index is 12.2. The predicted molar refractivity (Wildman–Crippen MR) is 60.2 cm³/mol. The Labute approximate surface area is 104 Å². The Morgan fingerprint density at radius 2 is 2.00 bits per heavy atom. The van der Waals surface area contributed by atoms with Crippen LogP contribution in [0.5, 0.6) is 5.75 Å². The molecule has 0 radical (unpaired) electrons. The number of rotatable bonds is 2. The summed E-state index contributed by atoms with van der Waals surface area (Å²) in [5.74, 6) is -1.45. The molecule has 17 heavy (non-hydrogen) atoms. The van der Waals surface area contributed by atoms with Crippen LogP contribution in [0.25, 0.3) is 0 Å².